The van der Waals surface area contributed by atoms with Crippen molar-refractivity contribution in [2.75, 3.05) is 42.8 Å². The van der Waals surface area contributed by atoms with Gasteiger partial charge in [-0.15, -0.1) is 0 Å². The van der Waals surface area contributed by atoms with Gasteiger partial charge in [-0.1, -0.05) is 12.1 Å². The van der Waals surface area contributed by atoms with Gasteiger partial charge < -0.3 is 25.0 Å². The summed E-state index contributed by atoms with van der Waals surface area (Å²) in [5.74, 6) is 1.81. The summed E-state index contributed by atoms with van der Waals surface area (Å²) >= 11 is 0. The highest BCUT2D eigenvalue weighted by molar-refractivity contribution is 6.04. The van der Waals surface area contributed by atoms with Crippen molar-refractivity contribution < 1.29 is 19.1 Å². The molecule has 1 saturated heterocycles. The maximum absolute atomic E-state index is 12.7. The van der Waals surface area contributed by atoms with Gasteiger partial charge in [0.2, 0.25) is 5.91 Å². The molecule has 8 nitrogen and oxygen atoms in total. The predicted molar refractivity (Wildman–Crippen MR) is 132 cm³/mol. The van der Waals surface area contributed by atoms with Gasteiger partial charge in [0.05, 0.1) is 14.2 Å². The van der Waals surface area contributed by atoms with E-state index in [0.717, 1.165) is 11.5 Å². The smallest absolute Gasteiger partial charge is 0.255 e. The minimum Gasteiger partial charge on any atom is -0.497 e. The first-order valence-electron chi connectivity index (χ1n) is 11.2. The Labute approximate surface area is 198 Å². The summed E-state index contributed by atoms with van der Waals surface area (Å²) in [4.78, 5) is 32.0. The van der Waals surface area contributed by atoms with Crippen LogP contribution in [0.5, 0.6) is 11.5 Å². The number of ether oxygens (including phenoxy) is 2. The molecule has 2 aromatic carbocycles. The van der Waals surface area contributed by atoms with Crippen molar-refractivity contribution in [2.24, 2.45) is 5.92 Å². The third kappa shape index (κ3) is 5.64. The summed E-state index contributed by atoms with van der Waals surface area (Å²) in [6.07, 6.45) is 3.05. The highest BCUT2D eigenvalue weighted by atomic mass is 16.5. The van der Waals surface area contributed by atoms with Crippen LogP contribution in [0.1, 0.15) is 23.2 Å². The molecule has 0 unspecified atom stereocenters. The highest BCUT2D eigenvalue weighted by Gasteiger charge is 2.26. The maximum atomic E-state index is 12.7. The van der Waals surface area contributed by atoms with Crippen LogP contribution in [0.2, 0.25) is 0 Å². The monoisotopic (exact) mass is 460 g/mol. The lowest BCUT2D eigenvalue weighted by Gasteiger charge is -2.32. The van der Waals surface area contributed by atoms with Gasteiger partial charge in [-0.25, -0.2) is 4.98 Å². The summed E-state index contributed by atoms with van der Waals surface area (Å²) in [6, 6.07) is 18.0. The number of piperidine rings is 1. The molecule has 176 valence electrons. The molecular weight excluding hydrogens is 432 g/mol. The van der Waals surface area contributed by atoms with Crippen LogP contribution in [0.4, 0.5) is 17.2 Å². The number of rotatable bonds is 7. The van der Waals surface area contributed by atoms with Crippen LogP contribution < -0.4 is 25.0 Å². The largest absolute Gasteiger partial charge is 0.497 e. The molecule has 0 bridgehead atoms. The minimum atomic E-state index is -0.218. The van der Waals surface area contributed by atoms with E-state index in [1.54, 1.807) is 44.7 Å². The van der Waals surface area contributed by atoms with Crippen molar-refractivity contribution in [3.8, 4) is 11.5 Å². The van der Waals surface area contributed by atoms with Crippen molar-refractivity contribution >= 4 is 29.0 Å². The Morgan fingerprint density at radius 1 is 0.882 bits per heavy atom. The standard InChI is InChI=1S/C26H28N4O4/c1-33-22-7-3-5-20(16-22)28-25(31)18-10-13-30(14-11-18)24-15-19(9-12-27-24)26(32)29-21-6-4-8-23(17-21)34-2/h3-9,12,15-18H,10-11,13-14H2,1-2H3,(H,28,31)(H,29,32). The second-order valence-electron chi connectivity index (χ2n) is 8.07. The van der Waals surface area contributed by atoms with E-state index in [9.17, 15) is 9.59 Å². The molecule has 34 heavy (non-hydrogen) atoms. The van der Waals surface area contributed by atoms with Crippen LogP contribution >= 0.6 is 0 Å². The number of pyridine rings is 1. The number of hydrogen-bond acceptors (Lipinski definition) is 6. The fourth-order valence-corrected chi connectivity index (χ4v) is 3.95. The SMILES string of the molecule is COc1cccc(NC(=O)c2ccnc(N3CCC(C(=O)Nc4cccc(OC)c4)CC3)c2)c1. The molecule has 0 radical (unpaired) electrons. The first-order valence-corrected chi connectivity index (χ1v) is 11.2. The van der Waals surface area contributed by atoms with Crippen molar-refractivity contribution in [3.05, 3.63) is 72.4 Å². The van der Waals surface area contributed by atoms with Gasteiger partial charge in [0.15, 0.2) is 0 Å². The molecule has 1 aliphatic heterocycles. The van der Waals surface area contributed by atoms with Gasteiger partial charge in [0.25, 0.3) is 5.91 Å². The van der Waals surface area contributed by atoms with Crippen LogP contribution in [0.25, 0.3) is 0 Å². The molecule has 3 aromatic rings. The average molecular weight is 461 g/mol. The lowest BCUT2D eigenvalue weighted by Crippen LogP contribution is -2.38. The number of carbonyl (C=O) groups excluding carboxylic acids is 2. The number of hydrogen-bond donors (Lipinski definition) is 2. The topological polar surface area (TPSA) is 92.8 Å². The summed E-state index contributed by atoms with van der Waals surface area (Å²) in [5.41, 5.74) is 1.90. The van der Waals surface area contributed by atoms with Crippen LogP contribution in [0.3, 0.4) is 0 Å². The first-order chi connectivity index (χ1) is 16.6. The molecule has 0 atom stereocenters. The van der Waals surface area contributed by atoms with Gasteiger partial charge in [-0.3, -0.25) is 9.59 Å². The fourth-order valence-electron chi connectivity index (χ4n) is 3.95. The molecule has 0 spiro atoms. The van der Waals surface area contributed by atoms with Crippen molar-refractivity contribution in [2.45, 2.75) is 12.8 Å². The molecule has 0 saturated carbocycles. The zero-order valence-electron chi connectivity index (χ0n) is 19.3. The van der Waals surface area contributed by atoms with Gasteiger partial charge in [-0.05, 0) is 49.2 Å². The van der Waals surface area contributed by atoms with Crippen molar-refractivity contribution in [3.63, 3.8) is 0 Å². The van der Waals surface area contributed by atoms with E-state index in [1.807, 2.05) is 36.4 Å². The van der Waals surface area contributed by atoms with Gasteiger partial charge in [0, 0.05) is 54.3 Å². The van der Waals surface area contributed by atoms with E-state index in [0.29, 0.717) is 48.7 Å². The Hall–Kier alpha value is -4.07. The number of anilines is 3. The molecule has 4 rings (SSSR count). The summed E-state index contributed by atoms with van der Waals surface area (Å²) < 4.78 is 10.4. The number of nitrogens with one attached hydrogen (secondary N) is 2. The second-order valence-corrected chi connectivity index (χ2v) is 8.07. The minimum absolute atomic E-state index is 0.00674. The van der Waals surface area contributed by atoms with Crippen LogP contribution in [0, 0.1) is 5.92 Å². The summed E-state index contributed by atoms with van der Waals surface area (Å²) in [7, 11) is 3.18. The summed E-state index contributed by atoms with van der Waals surface area (Å²) in [6.45, 7) is 1.37. The average Bonchev–Trinajstić information content (AvgIpc) is 2.89. The number of benzene rings is 2. The summed E-state index contributed by atoms with van der Waals surface area (Å²) in [5, 5.41) is 5.87. The lowest BCUT2D eigenvalue weighted by molar-refractivity contribution is -0.120. The molecule has 1 aromatic heterocycles. The number of aromatic nitrogens is 1. The number of carbonyl (C=O) groups is 2. The quantitative estimate of drug-likeness (QED) is 0.549. The molecule has 2 heterocycles. The molecule has 8 heteroatoms. The van der Waals surface area contributed by atoms with E-state index in [-0.39, 0.29) is 17.7 Å². The third-order valence-electron chi connectivity index (χ3n) is 5.86. The maximum Gasteiger partial charge on any atom is 0.255 e. The zero-order chi connectivity index (χ0) is 23.9. The fraction of sp³-hybridized carbons (Fsp3) is 0.269. The van der Waals surface area contributed by atoms with E-state index in [2.05, 4.69) is 20.5 Å². The van der Waals surface area contributed by atoms with E-state index in [1.165, 1.54) is 0 Å². The van der Waals surface area contributed by atoms with Gasteiger partial charge in [0.1, 0.15) is 17.3 Å². The third-order valence-corrected chi connectivity index (χ3v) is 5.86. The Balaban J connectivity index is 1.34. The van der Waals surface area contributed by atoms with Crippen molar-refractivity contribution in [1.82, 2.24) is 4.98 Å². The number of methoxy groups -OCH3 is 2. The van der Waals surface area contributed by atoms with E-state index >= 15 is 0 Å². The molecular formula is C26H28N4O4. The highest BCUT2D eigenvalue weighted by Crippen LogP contribution is 2.25. The predicted octanol–water partition coefficient (Wildman–Crippen LogP) is 4.21. The molecule has 1 fully saturated rings. The van der Waals surface area contributed by atoms with E-state index < -0.39 is 0 Å². The Morgan fingerprint density at radius 3 is 2.12 bits per heavy atom. The van der Waals surface area contributed by atoms with Crippen LogP contribution in [-0.2, 0) is 4.79 Å². The molecule has 2 N–H and O–H groups in total. The molecule has 1 aliphatic rings. The number of amides is 2. The van der Waals surface area contributed by atoms with Gasteiger partial charge in [-0.2, -0.15) is 0 Å². The van der Waals surface area contributed by atoms with Crippen LogP contribution in [-0.4, -0.2) is 44.1 Å². The van der Waals surface area contributed by atoms with Gasteiger partial charge >= 0.3 is 0 Å². The lowest BCUT2D eigenvalue weighted by atomic mass is 9.95. The first kappa shape index (κ1) is 23.1. The van der Waals surface area contributed by atoms with E-state index in [4.69, 9.17) is 9.47 Å². The zero-order valence-corrected chi connectivity index (χ0v) is 19.3. The number of nitrogens with zero attached hydrogens (tertiary/aromatic N) is 2. The Kier molecular flexibility index (Phi) is 7.27. The normalized spacial score (nSPS) is 13.8. The van der Waals surface area contributed by atoms with Crippen molar-refractivity contribution in [1.29, 1.82) is 0 Å². The van der Waals surface area contributed by atoms with Crippen LogP contribution in [0.15, 0.2) is 66.9 Å². The second kappa shape index (κ2) is 10.7. The Bertz CT molecular complexity index is 1160. The Morgan fingerprint density at radius 2 is 1.50 bits per heavy atom. The molecule has 2 amide bonds. The molecule has 0 aliphatic carbocycles.